The highest BCUT2D eigenvalue weighted by Crippen LogP contribution is 2.22. The normalized spacial score (nSPS) is 12.4. The summed E-state index contributed by atoms with van der Waals surface area (Å²) in [6.45, 7) is 6.43. The number of aromatic carboxylic acids is 1. The van der Waals surface area contributed by atoms with Gasteiger partial charge in [0.05, 0.1) is 10.6 Å². The predicted octanol–water partition coefficient (Wildman–Crippen LogP) is 3.87. The fraction of sp³-hybridized carbons (Fsp3) is 0.571. The molecule has 0 aliphatic rings. The van der Waals surface area contributed by atoms with Crippen LogP contribution in [-0.4, -0.2) is 21.8 Å². The van der Waals surface area contributed by atoms with Gasteiger partial charge in [0.25, 0.3) is 0 Å². The Balaban J connectivity index is 2.85. The first-order chi connectivity index (χ1) is 8.56. The van der Waals surface area contributed by atoms with Gasteiger partial charge in [-0.25, -0.2) is 9.78 Å². The number of nitrogens with zero attached hydrogens (tertiary/aromatic N) is 1. The number of carboxylic acids is 1. The van der Waals surface area contributed by atoms with E-state index in [1.54, 1.807) is 23.9 Å². The molecule has 1 atom stereocenters. The highest BCUT2D eigenvalue weighted by molar-refractivity contribution is 7.99. The molecule has 0 aliphatic carbocycles. The van der Waals surface area contributed by atoms with Crippen molar-refractivity contribution in [3.8, 4) is 0 Å². The minimum absolute atomic E-state index is 0.347. The van der Waals surface area contributed by atoms with Gasteiger partial charge in [0.2, 0.25) is 0 Å². The predicted molar refractivity (Wildman–Crippen MR) is 75.4 cm³/mol. The molecule has 1 unspecified atom stereocenters. The fourth-order valence-electron chi connectivity index (χ4n) is 1.49. The Bertz CT molecular complexity index is 407. The van der Waals surface area contributed by atoms with E-state index in [1.807, 2.05) is 0 Å². The van der Waals surface area contributed by atoms with E-state index in [0.717, 1.165) is 35.7 Å². The summed E-state index contributed by atoms with van der Waals surface area (Å²) in [6.07, 6.45) is 2.94. The second kappa shape index (κ2) is 7.41. The first-order valence-electron chi connectivity index (χ1n) is 6.43. The monoisotopic (exact) mass is 267 g/mol. The summed E-state index contributed by atoms with van der Waals surface area (Å²) in [5, 5.41) is 9.92. The van der Waals surface area contributed by atoms with E-state index >= 15 is 0 Å². The lowest BCUT2D eigenvalue weighted by Gasteiger charge is -2.09. The summed E-state index contributed by atoms with van der Waals surface area (Å²) >= 11 is 1.65. The minimum Gasteiger partial charge on any atom is -0.478 e. The van der Waals surface area contributed by atoms with Gasteiger partial charge >= 0.3 is 5.97 Å². The maximum absolute atomic E-state index is 11.1. The molecule has 1 aromatic rings. The van der Waals surface area contributed by atoms with Crippen LogP contribution >= 0.6 is 11.8 Å². The van der Waals surface area contributed by atoms with Crippen molar-refractivity contribution in [1.82, 2.24) is 4.98 Å². The molecule has 1 aromatic heterocycles. The number of rotatable bonds is 7. The standard InChI is InChI=1S/C14H21NO2S/c1-4-6-12-7-11(14(16)17)8-13(15-12)18-9-10(3)5-2/h7-8,10H,4-6,9H2,1-3H3,(H,16,17). The summed E-state index contributed by atoms with van der Waals surface area (Å²) in [6, 6.07) is 3.35. The van der Waals surface area contributed by atoms with Gasteiger partial charge in [0.1, 0.15) is 0 Å². The average molecular weight is 267 g/mol. The molecule has 0 aliphatic heterocycles. The lowest BCUT2D eigenvalue weighted by molar-refractivity contribution is 0.0696. The molecule has 4 heteroatoms. The number of aromatic nitrogens is 1. The Morgan fingerprint density at radius 3 is 2.72 bits per heavy atom. The summed E-state index contributed by atoms with van der Waals surface area (Å²) in [4.78, 5) is 15.6. The molecular weight excluding hydrogens is 246 g/mol. The van der Waals surface area contributed by atoms with E-state index in [1.165, 1.54) is 0 Å². The van der Waals surface area contributed by atoms with Crippen molar-refractivity contribution < 1.29 is 9.90 Å². The molecule has 0 amide bonds. The molecule has 0 fully saturated rings. The molecular formula is C14H21NO2S. The van der Waals surface area contributed by atoms with Crippen molar-refractivity contribution >= 4 is 17.7 Å². The van der Waals surface area contributed by atoms with Gasteiger partial charge in [-0.3, -0.25) is 0 Å². The number of aryl methyl sites for hydroxylation is 1. The molecule has 1 N–H and O–H groups in total. The van der Waals surface area contributed by atoms with Crippen molar-refractivity contribution in [1.29, 1.82) is 0 Å². The minimum atomic E-state index is -0.875. The summed E-state index contributed by atoms with van der Waals surface area (Å²) in [7, 11) is 0. The molecule has 1 rings (SSSR count). The van der Waals surface area contributed by atoms with Gasteiger partial charge < -0.3 is 5.11 Å². The van der Waals surface area contributed by atoms with Crippen LogP contribution in [0.3, 0.4) is 0 Å². The Morgan fingerprint density at radius 1 is 1.44 bits per heavy atom. The van der Waals surface area contributed by atoms with Crippen molar-refractivity contribution in [2.45, 2.75) is 45.1 Å². The van der Waals surface area contributed by atoms with Gasteiger partial charge in [-0.1, -0.05) is 33.6 Å². The highest BCUT2D eigenvalue weighted by Gasteiger charge is 2.09. The van der Waals surface area contributed by atoms with Crippen LogP contribution in [0.15, 0.2) is 17.2 Å². The third-order valence-electron chi connectivity index (χ3n) is 2.82. The molecule has 0 saturated heterocycles. The molecule has 0 aromatic carbocycles. The smallest absolute Gasteiger partial charge is 0.335 e. The second-order valence-electron chi connectivity index (χ2n) is 4.56. The number of hydrogen-bond acceptors (Lipinski definition) is 3. The average Bonchev–Trinajstić information content (AvgIpc) is 2.36. The van der Waals surface area contributed by atoms with Crippen LogP contribution in [0, 0.1) is 5.92 Å². The van der Waals surface area contributed by atoms with Gasteiger partial charge in [0, 0.05) is 11.4 Å². The van der Waals surface area contributed by atoms with Crippen molar-refractivity contribution in [2.75, 3.05) is 5.75 Å². The number of carbonyl (C=O) groups is 1. The number of pyridine rings is 1. The van der Waals surface area contributed by atoms with Crippen LogP contribution in [0.1, 0.15) is 49.7 Å². The van der Waals surface area contributed by atoms with Crippen molar-refractivity contribution in [2.24, 2.45) is 5.92 Å². The maximum Gasteiger partial charge on any atom is 0.335 e. The van der Waals surface area contributed by atoms with Crippen LogP contribution < -0.4 is 0 Å². The molecule has 1 heterocycles. The van der Waals surface area contributed by atoms with E-state index in [0.29, 0.717) is 11.5 Å². The van der Waals surface area contributed by atoms with Gasteiger partial charge in [-0.05, 0) is 24.5 Å². The summed E-state index contributed by atoms with van der Waals surface area (Å²) < 4.78 is 0. The van der Waals surface area contributed by atoms with Crippen LogP contribution in [0.5, 0.6) is 0 Å². The van der Waals surface area contributed by atoms with E-state index in [9.17, 15) is 4.79 Å². The summed E-state index contributed by atoms with van der Waals surface area (Å²) in [5.74, 6) is 0.734. The van der Waals surface area contributed by atoms with E-state index in [2.05, 4.69) is 25.8 Å². The van der Waals surface area contributed by atoms with Crippen molar-refractivity contribution in [3.63, 3.8) is 0 Å². The van der Waals surface area contributed by atoms with Crippen LogP contribution in [0.4, 0.5) is 0 Å². The Labute approximate surface area is 113 Å². The first kappa shape index (κ1) is 15.0. The first-order valence-corrected chi connectivity index (χ1v) is 7.42. The number of carboxylic acid groups (broad SMARTS) is 1. The Kier molecular flexibility index (Phi) is 6.19. The quantitative estimate of drug-likeness (QED) is 0.762. The zero-order valence-electron chi connectivity index (χ0n) is 11.3. The summed E-state index contributed by atoms with van der Waals surface area (Å²) in [5.41, 5.74) is 1.23. The Hall–Kier alpha value is -1.03. The van der Waals surface area contributed by atoms with Gasteiger partial charge in [-0.2, -0.15) is 0 Å². The van der Waals surface area contributed by atoms with Crippen LogP contribution in [0.2, 0.25) is 0 Å². The number of thioether (sulfide) groups is 1. The second-order valence-corrected chi connectivity index (χ2v) is 5.61. The van der Waals surface area contributed by atoms with Gasteiger partial charge in [0.15, 0.2) is 0 Å². The zero-order valence-corrected chi connectivity index (χ0v) is 12.1. The topological polar surface area (TPSA) is 50.2 Å². The largest absolute Gasteiger partial charge is 0.478 e. The van der Waals surface area contributed by atoms with Crippen molar-refractivity contribution in [3.05, 3.63) is 23.4 Å². The Morgan fingerprint density at radius 2 is 2.17 bits per heavy atom. The molecule has 0 spiro atoms. The third-order valence-corrected chi connectivity index (χ3v) is 4.06. The highest BCUT2D eigenvalue weighted by atomic mass is 32.2. The lowest BCUT2D eigenvalue weighted by atomic mass is 10.2. The van der Waals surface area contributed by atoms with E-state index in [-0.39, 0.29) is 0 Å². The van der Waals surface area contributed by atoms with Gasteiger partial charge in [-0.15, -0.1) is 11.8 Å². The molecule has 100 valence electrons. The third kappa shape index (κ3) is 4.69. The molecule has 0 radical (unpaired) electrons. The fourth-order valence-corrected chi connectivity index (χ4v) is 2.57. The molecule has 18 heavy (non-hydrogen) atoms. The lowest BCUT2D eigenvalue weighted by Crippen LogP contribution is -2.02. The molecule has 3 nitrogen and oxygen atoms in total. The van der Waals surface area contributed by atoms with E-state index < -0.39 is 5.97 Å². The van der Waals surface area contributed by atoms with Crippen LogP contribution in [-0.2, 0) is 6.42 Å². The SMILES string of the molecule is CCCc1cc(C(=O)O)cc(SCC(C)CC)n1. The van der Waals surface area contributed by atoms with Crippen LogP contribution in [0.25, 0.3) is 0 Å². The zero-order chi connectivity index (χ0) is 13.5. The maximum atomic E-state index is 11.1. The molecule has 0 bridgehead atoms. The number of hydrogen-bond donors (Lipinski definition) is 1. The van der Waals surface area contributed by atoms with E-state index in [4.69, 9.17) is 5.11 Å². The molecule has 0 saturated carbocycles.